The van der Waals surface area contributed by atoms with E-state index in [1.165, 1.54) is 7.11 Å². The van der Waals surface area contributed by atoms with E-state index in [0.29, 0.717) is 0 Å². The van der Waals surface area contributed by atoms with Gasteiger partial charge in [-0.1, -0.05) is 13.8 Å². The van der Waals surface area contributed by atoms with Crippen LogP contribution in [0, 0.1) is 0 Å². The number of carbonyl (C=O) groups is 1. The fourth-order valence-corrected chi connectivity index (χ4v) is 1.88. The van der Waals surface area contributed by atoms with Gasteiger partial charge in [0.1, 0.15) is 5.76 Å². The standard InChI is InChI=1S/C13H21NO3/c1-5-9-14(6-2)10(3)11-7-8-12(17-11)13(15)16-4/h7-8,10H,5-6,9H2,1-4H3. The first-order valence-corrected chi connectivity index (χ1v) is 6.06. The SMILES string of the molecule is CCCN(CC)C(C)c1ccc(C(=O)OC)o1. The van der Waals surface area contributed by atoms with Crippen LogP contribution in [-0.2, 0) is 4.74 Å². The van der Waals surface area contributed by atoms with Crippen LogP contribution in [0.5, 0.6) is 0 Å². The topological polar surface area (TPSA) is 42.7 Å². The maximum absolute atomic E-state index is 11.3. The lowest BCUT2D eigenvalue weighted by Crippen LogP contribution is -2.27. The van der Waals surface area contributed by atoms with Crippen LogP contribution in [0.3, 0.4) is 0 Å². The fourth-order valence-electron chi connectivity index (χ4n) is 1.88. The van der Waals surface area contributed by atoms with E-state index in [2.05, 4.69) is 30.4 Å². The second kappa shape index (κ2) is 6.45. The molecule has 1 unspecified atom stereocenters. The van der Waals surface area contributed by atoms with Crippen molar-refractivity contribution in [2.24, 2.45) is 0 Å². The van der Waals surface area contributed by atoms with Crippen LogP contribution in [0.4, 0.5) is 0 Å². The van der Waals surface area contributed by atoms with Crippen molar-refractivity contribution < 1.29 is 13.9 Å². The van der Waals surface area contributed by atoms with Crippen LogP contribution in [0.15, 0.2) is 16.5 Å². The number of hydrogen-bond acceptors (Lipinski definition) is 4. The number of ether oxygens (including phenoxy) is 1. The molecule has 0 aromatic carbocycles. The number of esters is 1. The molecule has 1 aromatic rings. The summed E-state index contributed by atoms with van der Waals surface area (Å²) in [6, 6.07) is 3.69. The molecule has 4 heteroatoms. The number of rotatable bonds is 6. The van der Waals surface area contributed by atoms with Gasteiger partial charge in [0.25, 0.3) is 0 Å². The predicted octanol–water partition coefficient (Wildman–Crippen LogP) is 2.86. The second-order valence-electron chi connectivity index (χ2n) is 4.00. The van der Waals surface area contributed by atoms with Crippen LogP contribution < -0.4 is 0 Å². The highest BCUT2D eigenvalue weighted by molar-refractivity contribution is 5.86. The average molecular weight is 239 g/mol. The van der Waals surface area contributed by atoms with Crippen LogP contribution in [0.2, 0.25) is 0 Å². The van der Waals surface area contributed by atoms with Crippen molar-refractivity contribution in [1.82, 2.24) is 4.90 Å². The Kier molecular flexibility index (Phi) is 5.22. The summed E-state index contributed by atoms with van der Waals surface area (Å²) >= 11 is 0. The third-order valence-corrected chi connectivity index (χ3v) is 2.89. The molecule has 0 N–H and O–H groups in total. The van der Waals surface area contributed by atoms with Gasteiger partial charge in [-0.15, -0.1) is 0 Å². The van der Waals surface area contributed by atoms with Gasteiger partial charge in [-0.2, -0.15) is 0 Å². The molecule has 0 saturated heterocycles. The Bertz CT molecular complexity index is 359. The molecule has 0 aliphatic heterocycles. The lowest BCUT2D eigenvalue weighted by Gasteiger charge is -2.25. The van der Waals surface area contributed by atoms with Gasteiger partial charge in [0.2, 0.25) is 5.76 Å². The molecule has 0 aliphatic carbocycles. The molecule has 96 valence electrons. The molecule has 1 rings (SSSR count). The summed E-state index contributed by atoms with van der Waals surface area (Å²) in [6.45, 7) is 8.34. The Morgan fingerprint density at radius 3 is 2.71 bits per heavy atom. The van der Waals surface area contributed by atoms with Gasteiger partial charge >= 0.3 is 5.97 Å². The molecule has 0 aliphatic rings. The van der Waals surface area contributed by atoms with Crippen molar-refractivity contribution >= 4 is 5.97 Å². The molecule has 0 fully saturated rings. The van der Waals surface area contributed by atoms with E-state index >= 15 is 0 Å². The van der Waals surface area contributed by atoms with Gasteiger partial charge in [0.05, 0.1) is 13.2 Å². The lowest BCUT2D eigenvalue weighted by molar-refractivity contribution is 0.0559. The molecule has 4 nitrogen and oxygen atoms in total. The molecular weight excluding hydrogens is 218 g/mol. The molecule has 0 saturated carbocycles. The van der Waals surface area contributed by atoms with Gasteiger partial charge < -0.3 is 9.15 Å². The zero-order valence-corrected chi connectivity index (χ0v) is 11.0. The normalized spacial score (nSPS) is 12.8. The van der Waals surface area contributed by atoms with Crippen LogP contribution in [-0.4, -0.2) is 31.1 Å². The quantitative estimate of drug-likeness (QED) is 0.716. The minimum Gasteiger partial charge on any atom is -0.463 e. The minimum atomic E-state index is -0.429. The Morgan fingerprint density at radius 1 is 1.47 bits per heavy atom. The molecule has 0 amide bonds. The van der Waals surface area contributed by atoms with Crippen molar-refractivity contribution in [2.75, 3.05) is 20.2 Å². The number of nitrogens with zero attached hydrogens (tertiary/aromatic N) is 1. The van der Waals surface area contributed by atoms with E-state index in [0.717, 1.165) is 25.3 Å². The number of methoxy groups -OCH3 is 1. The van der Waals surface area contributed by atoms with Crippen LogP contribution >= 0.6 is 0 Å². The summed E-state index contributed by atoms with van der Waals surface area (Å²) in [4.78, 5) is 13.6. The van der Waals surface area contributed by atoms with E-state index in [9.17, 15) is 4.79 Å². The maximum Gasteiger partial charge on any atom is 0.373 e. The Morgan fingerprint density at radius 2 is 2.18 bits per heavy atom. The largest absolute Gasteiger partial charge is 0.463 e. The average Bonchev–Trinajstić information content (AvgIpc) is 2.83. The summed E-state index contributed by atoms with van der Waals surface area (Å²) < 4.78 is 10.1. The first-order valence-electron chi connectivity index (χ1n) is 6.06. The Hall–Kier alpha value is -1.29. The molecule has 1 aromatic heterocycles. The summed E-state index contributed by atoms with van der Waals surface area (Å²) in [6.07, 6.45) is 1.10. The van der Waals surface area contributed by atoms with Crippen LogP contribution in [0.1, 0.15) is 49.5 Å². The highest BCUT2D eigenvalue weighted by Crippen LogP contribution is 2.22. The molecule has 0 radical (unpaired) electrons. The molecule has 0 spiro atoms. The van der Waals surface area contributed by atoms with Gasteiger partial charge in [-0.25, -0.2) is 4.79 Å². The van der Waals surface area contributed by atoms with Gasteiger partial charge in [0.15, 0.2) is 0 Å². The highest BCUT2D eigenvalue weighted by Gasteiger charge is 2.19. The van der Waals surface area contributed by atoms with E-state index in [4.69, 9.17) is 4.42 Å². The number of hydrogen-bond donors (Lipinski definition) is 0. The van der Waals surface area contributed by atoms with Crippen molar-refractivity contribution in [2.45, 2.75) is 33.2 Å². The highest BCUT2D eigenvalue weighted by atomic mass is 16.5. The molecule has 1 heterocycles. The molecule has 0 bridgehead atoms. The molecule has 1 atom stereocenters. The zero-order chi connectivity index (χ0) is 12.8. The Balaban J connectivity index is 2.77. The maximum atomic E-state index is 11.3. The summed E-state index contributed by atoms with van der Waals surface area (Å²) in [5, 5.41) is 0. The van der Waals surface area contributed by atoms with Crippen molar-refractivity contribution in [1.29, 1.82) is 0 Å². The third kappa shape index (κ3) is 3.33. The summed E-state index contributed by atoms with van der Waals surface area (Å²) in [5.41, 5.74) is 0. The zero-order valence-electron chi connectivity index (χ0n) is 11.0. The fraction of sp³-hybridized carbons (Fsp3) is 0.615. The number of carbonyl (C=O) groups excluding carboxylic acids is 1. The first kappa shape index (κ1) is 13.8. The second-order valence-corrected chi connectivity index (χ2v) is 4.00. The molecule has 17 heavy (non-hydrogen) atoms. The van der Waals surface area contributed by atoms with Gasteiger partial charge in [-0.3, -0.25) is 4.90 Å². The first-order chi connectivity index (χ1) is 8.13. The van der Waals surface area contributed by atoms with E-state index in [-0.39, 0.29) is 11.8 Å². The van der Waals surface area contributed by atoms with Crippen molar-refractivity contribution in [3.05, 3.63) is 23.7 Å². The van der Waals surface area contributed by atoms with Crippen molar-refractivity contribution in [3.63, 3.8) is 0 Å². The monoisotopic (exact) mass is 239 g/mol. The van der Waals surface area contributed by atoms with E-state index in [1.807, 2.05) is 6.07 Å². The lowest BCUT2D eigenvalue weighted by atomic mass is 10.2. The number of furan rings is 1. The van der Waals surface area contributed by atoms with E-state index < -0.39 is 5.97 Å². The summed E-state index contributed by atoms with van der Waals surface area (Å²) in [5.74, 6) is 0.643. The third-order valence-electron chi connectivity index (χ3n) is 2.89. The Labute approximate surface area is 103 Å². The van der Waals surface area contributed by atoms with Gasteiger partial charge in [0, 0.05) is 0 Å². The predicted molar refractivity (Wildman–Crippen MR) is 66.0 cm³/mol. The van der Waals surface area contributed by atoms with Crippen LogP contribution in [0.25, 0.3) is 0 Å². The van der Waals surface area contributed by atoms with Gasteiger partial charge in [-0.05, 0) is 38.6 Å². The minimum absolute atomic E-state index is 0.179. The van der Waals surface area contributed by atoms with E-state index in [1.54, 1.807) is 6.07 Å². The molecular formula is C13H21NO3. The smallest absolute Gasteiger partial charge is 0.373 e. The summed E-state index contributed by atoms with van der Waals surface area (Å²) in [7, 11) is 1.35. The van der Waals surface area contributed by atoms with Crippen molar-refractivity contribution in [3.8, 4) is 0 Å².